The van der Waals surface area contributed by atoms with Crippen LogP contribution in [0.4, 0.5) is 5.88 Å². The SMILES string of the molecule is O=[N+]([O-])c1o[c]c(Cc2ccccc2)c1Cc1ccccc1. The van der Waals surface area contributed by atoms with Crippen LogP contribution in [-0.2, 0) is 12.8 Å². The van der Waals surface area contributed by atoms with Gasteiger partial charge in [-0.05, 0) is 11.1 Å². The van der Waals surface area contributed by atoms with Crippen molar-refractivity contribution in [3.63, 3.8) is 0 Å². The third-order valence-corrected chi connectivity index (χ3v) is 3.51. The van der Waals surface area contributed by atoms with Crippen LogP contribution in [0.5, 0.6) is 0 Å². The van der Waals surface area contributed by atoms with E-state index in [0.29, 0.717) is 18.4 Å². The van der Waals surface area contributed by atoms with Gasteiger partial charge in [0.2, 0.25) is 0 Å². The first-order valence-corrected chi connectivity index (χ1v) is 6.98. The number of nitro groups is 1. The number of hydrogen-bond donors (Lipinski definition) is 0. The summed E-state index contributed by atoms with van der Waals surface area (Å²) >= 11 is 0. The molecule has 3 aromatic rings. The van der Waals surface area contributed by atoms with Crippen LogP contribution in [-0.4, -0.2) is 4.92 Å². The highest BCUT2D eigenvalue weighted by atomic mass is 16.6. The van der Waals surface area contributed by atoms with Gasteiger partial charge in [0.25, 0.3) is 0 Å². The third kappa shape index (κ3) is 3.06. The van der Waals surface area contributed by atoms with Gasteiger partial charge in [-0.15, -0.1) is 0 Å². The van der Waals surface area contributed by atoms with Gasteiger partial charge < -0.3 is 4.42 Å². The van der Waals surface area contributed by atoms with Crippen molar-refractivity contribution in [3.8, 4) is 0 Å². The molecule has 0 bridgehead atoms. The van der Waals surface area contributed by atoms with E-state index in [1.54, 1.807) is 0 Å². The first-order valence-electron chi connectivity index (χ1n) is 6.98. The molecule has 4 nitrogen and oxygen atoms in total. The first kappa shape index (κ1) is 14.1. The van der Waals surface area contributed by atoms with Gasteiger partial charge >= 0.3 is 5.88 Å². The second kappa shape index (κ2) is 6.26. The summed E-state index contributed by atoms with van der Waals surface area (Å²) < 4.78 is 5.08. The second-order valence-corrected chi connectivity index (χ2v) is 5.05. The molecule has 0 aliphatic rings. The van der Waals surface area contributed by atoms with Crippen molar-refractivity contribution < 1.29 is 9.34 Å². The zero-order valence-corrected chi connectivity index (χ0v) is 11.9. The molecule has 0 saturated carbocycles. The van der Waals surface area contributed by atoms with Gasteiger partial charge in [-0.3, -0.25) is 10.1 Å². The standard InChI is InChI=1S/C18H14NO3/c20-19(21)18-17(12-15-9-5-2-6-10-15)16(13-22-18)11-14-7-3-1-4-8-14/h1-10H,11-12H2. The average Bonchev–Trinajstić information content (AvgIpc) is 2.92. The topological polar surface area (TPSA) is 56.3 Å². The van der Waals surface area contributed by atoms with Crippen molar-refractivity contribution in [1.29, 1.82) is 0 Å². The Labute approximate surface area is 128 Å². The van der Waals surface area contributed by atoms with E-state index in [4.69, 9.17) is 4.42 Å². The summed E-state index contributed by atoms with van der Waals surface area (Å²) in [5, 5.41) is 11.2. The fraction of sp³-hybridized carbons (Fsp3) is 0.111. The van der Waals surface area contributed by atoms with Crippen LogP contribution in [0, 0.1) is 16.4 Å². The van der Waals surface area contributed by atoms with Crippen molar-refractivity contribution in [3.05, 3.63) is 99.3 Å². The lowest BCUT2D eigenvalue weighted by molar-refractivity contribution is -0.403. The predicted molar refractivity (Wildman–Crippen MR) is 82.7 cm³/mol. The molecule has 0 unspecified atom stereocenters. The Balaban J connectivity index is 1.95. The zero-order valence-electron chi connectivity index (χ0n) is 11.9. The van der Waals surface area contributed by atoms with Crippen LogP contribution in [0.1, 0.15) is 22.3 Å². The van der Waals surface area contributed by atoms with E-state index in [1.165, 1.54) is 0 Å². The molecule has 22 heavy (non-hydrogen) atoms. The van der Waals surface area contributed by atoms with E-state index in [2.05, 4.69) is 6.26 Å². The maximum atomic E-state index is 11.2. The number of furan rings is 1. The smallest absolute Gasteiger partial charge is 0.397 e. The zero-order chi connectivity index (χ0) is 15.4. The first-order chi connectivity index (χ1) is 10.7. The highest BCUT2D eigenvalue weighted by Crippen LogP contribution is 2.28. The number of rotatable bonds is 5. The van der Waals surface area contributed by atoms with Gasteiger partial charge in [0.05, 0.1) is 5.56 Å². The summed E-state index contributed by atoms with van der Waals surface area (Å²) in [7, 11) is 0. The lowest BCUT2D eigenvalue weighted by Gasteiger charge is -2.03. The largest absolute Gasteiger partial charge is 0.437 e. The average molecular weight is 292 g/mol. The lowest BCUT2D eigenvalue weighted by atomic mass is 9.98. The number of nitrogens with zero attached hydrogens (tertiary/aromatic N) is 1. The van der Waals surface area contributed by atoms with Crippen molar-refractivity contribution in [2.24, 2.45) is 0 Å². The van der Waals surface area contributed by atoms with E-state index in [9.17, 15) is 10.1 Å². The highest BCUT2D eigenvalue weighted by molar-refractivity contribution is 5.42. The van der Waals surface area contributed by atoms with Gasteiger partial charge in [0.1, 0.15) is 4.92 Å². The molecule has 1 heterocycles. The molecule has 0 saturated heterocycles. The molecule has 4 heteroatoms. The Bertz CT molecular complexity index is 764. The van der Waals surface area contributed by atoms with Crippen LogP contribution in [0.3, 0.4) is 0 Å². The van der Waals surface area contributed by atoms with E-state index >= 15 is 0 Å². The molecule has 0 N–H and O–H groups in total. The monoisotopic (exact) mass is 292 g/mol. The van der Waals surface area contributed by atoms with Crippen LogP contribution in [0.25, 0.3) is 0 Å². The van der Waals surface area contributed by atoms with E-state index in [1.807, 2.05) is 60.7 Å². The van der Waals surface area contributed by atoms with E-state index in [0.717, 1.165) is 16.7 Å². The summed E-state index contributed by atoms with van der Waals surface area (Å²) in [6.07, 6.45) is 3.74. The van der Waals surface area contributed by atoms with Gasteiger partial charge in [-0.1, -0.05) is 60.7 Å². The highest BCUT2D eigenvalue weighted by Gasteiger charge is 2.24. The fourth-order valence-corrected chi connectivity index (χ4v) is 2.43. The molecule has 0 aliphatic heterocycles. The minimum atomic E-state index is -0.483. The summed E-state index contributed by atoms with van der Waals surface area (Å²) in [5.74, 6) is -0.213. The summed E-state index contributed by atoms with van der Waals surface area (Å²) in [5.41, 5.74) is 3.42. The molecule has 1 aromatic heterocycles. The maximum Gasteiger partial charge on any atom is 0.437 e. The van der Waals surface area contributed by atoms with Crippen LogP contribution < -0.4 is 0 Å². The third-order valence-electron chi connectivity index (χ3n) is 3.51. The van der Waals surface area contributed by atoms with Gasteiger partial charge in [-0.25, -0.2) is 0 Å². The Morgan fingerprint density at radius 2 is 1.45 bits per heavy atom. The van der Waals surface area contributed by atoms with Crippen molar-refractivity contribution in [2.75, 3.05) is 0 Å². The van der Waals surface area contributed by atoms with Gasteiger partial charge in [-0.2, -0.15) is 0 Å². The minimum absolute atomic E-state index is 0.213. The molecule has 0 spiro atoms. The molecular formula is C18H14NO3. The molecule has 2 aromatic carbocycles. The van der Waals surface area contributed by atoms with E-state index < -0.39 is 4.92 Å². The lowest BCUT2D eigenvalue weighted by Crippen LogP contribution is -1.98. The summed E-state index contributed by atoms with van der Waals surface area (Å²) in [6, 6.07) is 19.5. The molecule has 0 fully saturated rings. The van der Waals surface area contributed by atoms with Crippen molar-refractivity contribution in [1.82, 2.24) is 0 Å². The molecule has 3 rings (SSSR count). The number of benzene rings is 2. The van der Waals surface area contributed by atoms with Crippen LogP contribution >= 0.6 is 0 Å². The van der Waals surface area contributed by atoms with E-state index in [-0.39, 0.29) is 5.88 Å². The van der Waals surface area contributed by atoms with Crippen molar-refractivity contribution in [2.45, 2.75) is 12.8 Å². The van der Waals surface area contributed by atoms with Crippen LogP contribution in [0.2, 0.25) is 0 Å². The molecule has 0 amide bonds. The normalized spacial score (nSPS) is 10.5. The van der Waals surface area contributed by atoms with Crippen LogP contribution in [0.15, 0.2) is 65.1 Å². The molecular weight excluding hydrogens is 278 g/mol. The summed E-state index contributed by atoms with van der Waals surface area (Å²) in [6.45, 7) is 0. The maximum absolute atomic E-state index is 11.2. The Morgan fingerprint density at radius 3 is 2.00 bits per heavy atom. The fourth-order valence-electron chi connectivity index (χ4n) is 2.43. The number of hydrogen-bond acceptors (Lipinski definition) is 3. The molecule has 1 radical (unpaired) electrons. The predicted octanol–water partition coefficient (Wildman–Crippen LogP) is 4.17. The Morgan fingerprint density at radius 1 is 0.909 bits per heavy atom. The minimum Gasteiger partial charge on any atom is -0.397 e. The van der Waals surface area contributed by atoms with Crippen molar-refractivity contribution >= 4 is 5.88 Å². The Hall–Kier alpha value is -2.88. The summed E-state index contributed by atoms with van der Waals surface area (Å²) in [4.78, 5) is 10.7. The quantitative estimate of drug-likeness (QED) is 0.524. The molecule has 0 atom stereocenters. The molecule has 109 valence electrons. The Kier molecular flexibility index (Phi) is 4.01. The van der Waals surface area contributed by atoms with Gasteiger partial charge in [0.15, 0.2) is 6.26 Å². The van der Waals surface area contributed by atoms with Gasteiger partial charge in [0, 0.05) is 18.4 Å². The second-order valence-electron chi connectivity index (χ2n) is 5.05. The molecule has 0 aliphatic carbocycles.